The molecule has 0 radical (unpaired) electrons. The van der Waals surface area contributed by atoms with E-state index < -0.39 is 34.5 Å². The van der Waals surface area contributed by atoms with Crippen LogP contribution in [-0.2, 0) is 14.3 Å². The summed E-state index contributed by atoms with van der Waals surface area (Å²) in [6.07, 6.45) is 0.705. The summed E-state index contributed by atoms with van der Waals surface area (Å²) in [5.74, 6) is -0.568. The van der Waals surface area contributed by atoms with Crippen LogP contribution in [-0.4, -0.2) is 57.5 Å². The first-order valence-corrected chi connectivity index (χ1v) is 14.2. The quantitative estimate of drug-likeness (QED) is 0.106. The van der Waals surface area contributed by atoms with Gasteiger partial charge in [0.25, 0.3) is 5.91 Å². The van der Waals surface area contributed by atoms with Crippen LogP contribution in [0.25, 0.3) is 11.1 Å². The van der Waals surface area contributed by atoms with Gasteiger partial charge in [-0.3, -0.25) is 19.7 Å². The van der Waals surface area contributed by atoms with Crippen molar-refractivity contribution in [2.24, 2.45) is 0 Å². The van der Waals surface area contributed by atoms with Gasteiger partial charge in [0.2, 0.25) is 11.7 Å². The molecule has 1 aromatic carbocycles. The minimum absolute atomic E-state index is 0.00708. The highest BCUT2D eigenvalue weighted by Crippen LogP contribution is 2.39. The average Bonchev–Trinajstić information content (AvgIpc) is 2.92. The smallest absolute Gasteiger partial charge is 0.408 e. The second-order valence-electron chi connectivity index (χ2n) is 10.7. The maximum Gasteiger partial charge on any atom is 0.408 e. The standard InChI is InChI=1S/C28H30Cl2N8O6/c1-28(2,3)44-27(41)35-19-6-9-24(39)37(26(19)40)21-14-34-23(13-17(21)16-5-4-15(29)12-18(16)30)33-11-10-32-22-8-7-20(38(42)43)25(31)36-22/h4-5,7-8,12-14,19H,6,9-11H2,1-3H3,(H,33,34)(H,35,41)(H3,31,32,36). The first-order valence-electron chi connectivity index (χ1n) is 13.4. The Balaban J connectivity index is 1.57. The number of nitrogens with two attached hydrogens (primary N) is 1. The van der Waals surface area contributed by atoms with Crippen molar-refractivity contribution in [1.82, 2.24) is 15.3 Å². The number of piperidine rings is 1. The van der Waals surface area contributed by atoms with Crippen molar-refractivity contribution >= 4 is 69.9 Å². The van der Waals surface area contributed by atoms with Gasteiger partial charge in [-0.1, -0.05) is 29.3 Å². The molecule has 1 saturated heterocycles. The van der Waals surface area contributed by atoms with Crippen LogP contribution in [0, 0.1) is 10.1 Å². The Hall–Kier alpha value is -4.69. The van der Waals surface area contributed by atoms with E-state index in [1.807, 2.05) is 0 Å². The number of rotatable bonds is 9. The number of carbonyl (C=O) groups is 3. The summed E-state index contributed by atoms with van der Waals surface area (Å²) in [4.78, 5) is 58.8. The predicted octanol–water partition coefficient (Wildman–Crippen LogP) is 5.01. The van der Waals surface area contributed by atoms with E-state index in [-0.39, 0.29) is 35.1 Å². The number of benzene rings is 1. The molecule has 1 fully saturated rings. The lowest BCUT2D eigenvalue weighted by atomic mass is 9.99. The lowest BCUT2D eigenvalue weighted by Crippen LogP contribution is -2.55. The van der Waals surface area contributed by atoms with Gasteiger partial charge in [-0.05, 0) is 51.5 Å². The summed E-state index contributed by atoms with van der Waals surface area (Å²) in [7, 11) is 0. The second-order valence-corrected chi connectivity index (χ2v) is 11.6. The number of nitrogen functional groups attached to an aromatic ring is 1. The van der Waals surface area contributed by atoms with Crippen molar-refractivity contribution in [1.29, 1.82) is 0 Å². The van der Waals surface area contributed by atoms with Crippen LogP contribution in [0.4, 0.5) is 33.6 Å². The zero-order valence-electron chi connectivity index (χ0n) is 24.0. The Bertz CT molecular complexity index is 1610. The summed E-state index contributed by atoms with van der Waals surface area (Å²) in [6, 6.07) is 8.17. The van der Waals surface area contributed by atoms with E-state index >= 15 is 0 Å². The topological polar surface area (TPSA) is 195 Å². The lowest BCUT2D eigenvalue weighted by molar-refractivity contribution is -0.384. The number of nitrogens with zero attached hydrogens (tertiary/aromatic N) is 4. The van der Waals surface area contributed by atoms with Crippen LogP contribution < -0.4 is 26.6 Å². The molecule has 5 N–H and O–H groups in total. The van der Waals surface area contributed by atoms with Gasteiger partial charge in [0, 0.05) is 46.7 Å². The number of aromatic nitrogens is 2. The number of imide groups is 1. The van der Waals surface area contributed by atoms with Gasteiger partial charge in [-0.2, -0.15) is 0 Å². The Kier molecular flexibility index (Phi) is 9.75. The fraction of sp³-hybridized carbons (Fsp3) is 0.321. The number of nitro groups is 1. The number of alkyl carbamates (subject to hydrolysis) is 1. The number of ether oxygens (including phenoxy) is 1. The van der Waals surface area contributed by atoms with E-state index in [0.717, 1.165) is 4.90 Å². The molecule has 0 spiro atoms. The van der Waals surface area contributed by atoms with Crippen LogP contribution in [0.15, 0.2) is 42.6 Å². The first-order chi connectivity index (χ1) is 20.7. The maximum absolute atomic E-state index is 13.5. The molecule has 0 saturated carbocycles. The summed E-state index contributed by atoms with van der Waals surface area (Å²) >= 11 is 12.7. The molecule has 0 bridgehead atoms. The molecule has 0 aliphatic carbocycles. The van der Waals surface area contributed by atoms with Crippen molar-refractivity contribution < 1.29 is 24.0 Å². The number of nitrogens with one attached hydrogen (secondary N) is 3. The highest BCUT2D eigenvalue weighted by molar-refractivity contribution is 6.36. The van der Waals surface area contributed by atoms with E-state index in [1.165, 1.54) is 24.4 Å². The minimum Gasteiger partial charge on any atom is -0.444 e. The number of carbonyl (C=O) groups excluding carboxylic acids is 3. The Labute approximate surface area is 262 Å². The molecule has 1 atom stereocenters. The van der Waals surface area contributed by atoms with Gasteiger partial charge < -0.3 is 26.4 Å². The number of pyridine rings is 2. The van der Waals surface area contributed by atoms with Gasteiger partial charge in [-0.25, -0.2) is 19.7 Å². The van der Waals surface area contributed by atoms with Crippen LogP contribution in [0.3, 0.4) is 0 Å². The van der Waals surface area contributed by atoms with Crippen molar-refractivity contribution in [2.45, 2.75) is 45.3 Å². The van der Waals surface area contributed by atoms with Gasteiger partial charge in [-0.15, -0.1) is 0 Å². The SMILES string of the molecule is CC(C)(C)OC(=O)NC1CCC(=O)N(c2cnc(NCCNc3ccc([N+](=O)[O-])c(N)n3)cc2-c2ccc(Cl)cc2Cl)C1=O. The third kappa shape index (κ3) is 7.82. The van der Waals surface area contributed by atoms with Gasteiger partial charge in [0.05, 0.1) is 16.8 Å². The van der Waals surface area contributed by atoms with E-state index in [0.29, 0.717) is 40.9 Å². The number of anilines is 4. The molecule has 1 aliphatic heterocycles. The van der Waals surface area contributed by atoms with Crippen LogP contribution in [0.2, 0.25) is 10.0 Å². The maximum atomic E-state index is 13.5. The van der Waals surface area contributed by atoms with E-state index in [4.69, 9.17) is 33.7 Å². The lowest BCUT2D eigenvalue weighted by Gasteiger charge is -2.32. The third-order valence-corrected chi connectivity index (χ3v) is 6.84. The monoisotopic (exact) mass is 644 g/mol. The van der Waals surface area contributed by atoms with Crippen molar-refractivity contribution in [3.8, 4) is 11.1 Å². The molecule has 4 rings (SSSR count). The highest BCUT2D eigenvalue weighted by atomic mass is 35.5. The van der Waals surface area contributed by atoms with E-state index in [1.54, 1.807) is 39.0 Å². The second kappa shape index (κ2) is 13.3. The zero-order valence-corrected chi connectivity index (χ0v) is 25.5. The number of amides is 3. The fourth-order valence-electron chi connectivity index (χ4n) is 4.37. The van der Waals surface area contributed by atoms with E-state index in [9.17, 15) is 24.5 Å². The number of halogens is 2. The molecule has 3 heterocycles. The number of hydrogen-bond acceptors (Lipinski definition) is 11. The van der Waals surface area contributed by atoms with Crippen LogP contribution in [0.5, 0.6) is 0 Å². The first kappa shape index (κ1) is 32.2. The normalized spacial score (nSPS) is 15.1. The van der Waals surface area contributed by atoms with Gasteiger partial charge in [0.15, 0.2) is 0 Å². The van der Waals surface area contributed by atoms with Crippen LogP contribution in [0.1, 0.15) is 33.6 Å². The molecule has 3 aromatic rings. The summed E-state index contributed by atoms with van der Waals surface area (Å²) in [5, 5.41) is 20.3. The molecular weight excluding hydrogens is 615 g/mol. The van der Waals surface area contributed by atoms with Gasteiger partial charge in [0.1, 0.15) is 23.3 Å². The summed E-state index contributed by atoms with van der Waals surface area (Å²) in [5.41, 5.74) is 5.67. The molecular formula is C28H30Cl2N8O6. The molecule has 3 amide bonds. The third-order valence-electron chi connectivity index (χ3n) is 6.29. The molecule has 1 unspecified atom stereocenters. The largest absolute Gasteiger partial charge is 0.444 e. The Morgan fingerprint density at radius 1 is 1.11 bits per heavy atom. The molecule has 232 valence electrons. The molecule has 2 aromatic heterocycles. The number of hydrogen-bond donors (Lipinski definition) is 4. The Morgan fingerprint density at radius 2 is 1.82 bits per heavy atom. The fourth-order valence-corrected chi connectivity index (χ4v) is 4.88. The predicted molar refractivity (Wildman–Crippen MR) is 167 cm³/mol. The average molecular weight is 646 g/mol. The summed E-state index contributed by atoms with van der Waals surface area (Å²) in [6.45, 7) is 5.78. The molecule has 1 aliphatic rings. The van der Waals surface area contributed by atoms with Crippen molar-refractivity contribution in [2.75, 3.05) is 34.4 Å². The van der Waals surface area contributed by atoms with E-state index in [2.05, 4.69) is 25.9 Å². The highest BCUT2D eigenvalue weighted by Gasteiger charge is 2.38. The Morgan fingerprint density at radius 3 is 2.45 bits per heavy atom. The van der Waals surface area contributed by atoms with Crippen molar-refractivity contribution in [3.05, 3.63) is 62.8 Å². The molecule has 44 heavy (non-hydrogen) atoms. The summed E-state index contributed by atoms with van der Waals surface area (Å²) < 4.78 is 5.29. The van der Waals surface area contributed by atoms with Gasteiger partial charge >= 0.3 is 11.8 Å². The zero-order chi connectivity index (χ0) is 32.2. The molecule has 14 nitrogen and oxygen atoms in total. The van der Waals surface area contributed by atoms with Crippen LogP contribution >= 0.6 is 23.2 Å². The molecule has 16 heteroatoms. The van der Waals surface area contributed by atoms with Crippen molar-refractivity contribution in [3.63, 3.8) is 0 Å². The minimum atomic E-state index is -0.998.